The lowest BCUT2D eigenvalue weighted by Gasteiger charge is -2.00. The van der Waals surface area contributed by atoms with E-state index in [4.69, 9.17) is 4.74 Å². The number of unbranched alkanes of at least 4 members (excludes halogenated alkanes) is 1. The SMILES string of the molecule is [CH2]OC(=O)CCCCC(=O)OCC. The van der Waals surface area contributed by atoms with Gasteiger partial charge in [-0.05, 0) is 19.8 Å². The van der Waals surface area contributed by atoms with E-state index in [9.17, 15) is 9.59 Å². The van der Waals surface area contributed by atoms with Crippen molar-refractivity contribution in [1.82, 2.24) is 0 Å². The van der Waals surface area contributed by atoms with Crippen LogP contribution in [0.5, 0.6) is 0 Å². The maximum atomic E-state index is 10.8. The Bertz CT molecular complexity index is 165. The number of hydrogen-bond donors (Lipinski definition) is 0. The number of ether oxygens (including phenoxy) is 2. The largest absolute Gasteiger partial charge is 0.466 e. The topological polar surface area (TPSA) is 52.6 Å². The van der Waals surface area contributed by atoms with E-state index in [0.717, 1.165) is 0 Å². The second kappa shape index (κ2) is 7.58. The van der Waals surface area contributed by atoms with Gasteiger partial charge < -0.3 is 9.47 Å². The summed E-state index contributed by atoms with van der Waals surface area (Å²) >= 11 is 0. The zero-order valence-electron chi connectivity index (χ0n) is 7.88. The quantitative estimate of drug-likeness (QED) is 0.466. The van der Waals surface area contributed by atoms with Gasteiger partial charge >= 0.3 is 11.9 Å². The molecule has 4 nitrogen and oxygen atoms in total. The van der Waals surface area contributed by atoms with Crippen LogP contribution in [0.4, 0.5) is 0 Å². The van der Waals surface area contributed by atoms with Gasteiger partial charge in [-0.3, -0.25) is 9.59 Å². The van der Waals surface area contributed by atoms with Crippen molar-refractivity contribution in [2.24, 2.45) is 0 Å². The zero-order chi connectivity index (χ0) is 10.1. The number of rotatable bonds is 6. The standard InChI is InChI=1S/C9H15O4/c1-3-13-9(11)7-5-4-6-8(10)12-2/h2-7H2,1H3. The highest BCUT2D eigenvalue weighted by Gasteiger charge is 2.03. The summed E-state index contributed by atoms with van der Waals surface area (Å²) in [6.45, 7) is 2.16. The molecule has 0 aliphatic heterocycles. The number of carbonyl (C=O) groups is 2. The third-order valence-corrected chi connectivity index (χ3v) is 1.48. The summed E-state index contributed by atoms with van der Waals surface area (Å²) in [5.74, 6) is -0.561. The molecule has 0 aromatic carbocycles. The van der Waals surface area contributed by atoms with Crippen molar-refractivity contribution in [2.75, 3.05) is 6.61 Å². The fraction of sp³-hybridized carbons (Fsp3) is 0.667. The van der Waals surface area contributed by atoms with Gasteiger partial charge in [0, 0.05) is 12.8 Å². The Balaban J connectivity index is 3.25. The van der Waals surface area contributed by atoms with Crippen molar-refractivity contribution >= 4 is 11.9 Å². The average Bonchev–Trinajstić information content (AvgIpc) is 2.12. The molecule has 0 aromatic rings. The van der Waals surface area contributed by atoms with E-state index >= 15 is 0 Å². The molecule has 0 atom stereocenters. The Labute approximate surface area is 78.2 Å². The normalized spacial score (nSPS) is 9.38. The van der Waals surface area contributed by atoms with Crippen LogP contribution < -0.4 is 0 Å². The fourth-order valence-corrected chi connectivity index (χ4v) is 0.844. The Morgan fingerprint density at radius 3 is 2.15 bits per heavy atom. The van der Waals surface area contributed by atoms with Gasteiger partial charge in [-0.2, -0.15) is 0 Å². The van der Waals surface area contributed by atoms with Crippen LogP contribution >= 0.6 is 0 Å². The Morgan fingerprint density at radius 2 is 1.69 bits per heavy atom. The molecule has 0 unspecified atom stereocenters. The smallest absolute Gasteiger partial charge is 0.305 e. The molecule has 0 fully saturated rings. The molecule has 0 aromatic heterocycles. The molecule has 0 aliphatic rings. The Morgan fingerprint density at radius 1 is 1.15 bits per heavy atom. The molecule has 0 aliphatic carbocycles. The number of esters is 2. The van der Waals surface area contributed by atoms with Crippen molar-refractivity contribution in [3.63, 3.8) is 0 Å². The molecular formula is C9H15O4. The molecule has 0 spiro atoms. The third kappa shape index (κ3) is 7.31. The highest BCUT2D eigenvalue weighted by Crippen LogP contribution is 2.02. The van der Waals surface area contributed by atoms with Crippen LogP contribution in [0, 0.1) is 7.11 Å². The summed E-state index contributed by atoms with van der Waals surface area (Å²) in [6.07, 6.45) is 1.95. The van der Waals surface area contributed by atoms with Crippen LogP contribution in [-0.2, 0) is 19.1 Å². The van der Waals surface area contributed by atoms with E-state index in [2.05, 4.69) is 11.8 Å². The lowest BCUT2D eigenvalue weighted by molar-refractivity contribution is -0.144. The summed E-state index contributed by atoms with van der Waals surface area (Å²) in [5, 5.41) is 0. The highest BCUT2D eigenvalue weighted by atomic mass is 16.5. The molecule has 0 N–H and O–H groups in total. The highest BCUT2D eigenvalue weighted by molar-refractivity contribution is 5.70. The zero-order valence-corrected chi connectivity index (χ0v) is 7.88. The predicted molar refractivity (Wildman–Crippen MR) is 46.6 cm³/mol. The fourth-order valence-electron chi connectivity index (χ4n) is 0.844. The maximum absolute atomic E-state index is 10.8. The summed E-state index contributed by atoms with van der Waals surface area (Å²) in [6, 6.07) is 0. The summed E-state index contributed by atoms with van der Waals surface area (Å²) in [7, 11) is 2.99. The maximum Gasteiger partial charge on any atom is 0.305 e. The van der Waals surface area contributed by atoms with E-state index in [1.807, 2.05) is 0 Å². The van der Waals surface area contributed by atoms with Gasteiger partial charge in [0.2, 0.25) is 0 Å². The van der Waals surface area contributed by atoms with Gasteiger partial charge in [0.05, 0.1) is 6.61 Å². The van der Waals surface area contributed by atoms with Crippen molar-refractivity contribution in [3.8, 4) is 0 Å². The van der Waals surface area contributed by atoms with Gasteiger partial charge in [0.1, 0.15) is 7.11 Å². The van der Waals surface area contributed by atoms with Crippen LogP contribution in [-0.4, -0.2) is 18.5 Å². The molecule has 4 heteroatoms. The first kappa shape index (κ1) is 11.9. The lowest BCUT2D eigenvalue weighted by Crippen LogP contribution is -2.04. The van der Waals surface area contributed by atoms with E-state index in [1.165, 1.54) is 0 Å². The lowest BCUT2D eigenvalue weighted by atomic mass is 10.2. The number of carbonyl (C=O) groups excluding carboxylic acids is 2. The summed E-state index contributed by atoms with van der Waals surface area (Å²) < 4.78 is 8.91. The minimum Gasteiger partial charge on any atom is -0.466 e. The van der Waals surface area contributed by atoms with E-state index in [0.29, 0.717) is 32.3 Å². The third-order valence-electron chi connectivity index (χ3n) is 1.48. The van der Waals surface area contributed by atoms with Gasteiger partial charge in [0.25, 0.3) is 0 Å². The molecule has 75 valence electrons. The van der Waals surface area contributed by atoms with E-state index in [-0.39, 0.29) is 11.9 Å². The molecule has 0 saturated carbocycles. The van der Waals surface area contributed by atoms with Crippen molar-refractivity contribution < 1.29 is 19.1 Å². The van der Waals surface area contributed by atoms with Gasteiger partial charge in [-0.1, -0.05) is 0 Å². The van der Waals surface area contributed by atoms with Gasteiger partial charge in [0.15, 0.2) is 0 Å². The first-order valence-corrected chi connectivity index (χ1v) is 4.31. The minimum absolute atomic E-state index is 0.217. The molecule has 0 rings (SSSR count). The van der Waals surface area contributed by atoms with E-state index < -0.39 is 0 Å². The van der Waals surface area contributed by atoms with Gasteiger partial charge in [-0.15, -0.1) is 0 Å². The molecule has 13 heavy (non-hydrogen) atoms. The Kier molecular flexibility index (Phi) is 6.96. The summed E-state index contributed by atoms with van der Waals surface area (Å²) in [4.78, 5) is 21.4. The number of hydrogen-bond acceptors (Lipinski definition) is 4. The van der Waals surface area contributed by atoms with E-state index in [1.54, 1.807) is 6.92 Å². The molecule has 0 amide bonds. The van der Waals surface area contributed by atoms with Crippen LogP contribution in [0.25, 0.3) is 0 Å². The molecule has 0 bridgehead atoms. The second-order valence-electron chi connectivity index (χ2n) is 2.53. The molecule has 0 saturated heterocycles. The molecule has 0 heterocycles. The molecule has 1 radical (unpaired) electrons. The van der Waals surface area contributed by atoms with Crippen LogP contribution in [0.2, 0.25) is 0 Å². The van der Waals surface area contributed by atoms with Crippen LogP contribution in [0.15, 0.2) is 0 Å². The van der Waals surface area contributed by atoms with Gasteiger partial charge in [-0.25, -0.2) is 0 Å². The summed E-state index contributed by atoms with van der Waals surface area (Å²) in [5.41, 5.74) is 0. The monoisotopic (exact) mass is 187 g/mol. The minimum atomic E-state index is -0.344. The first-order valence-electron chi connectivity index (χ1n) is 4.31. The van der Waals surface area contributed by atoms with Crippen molar-refractivity contribution in [2.45, 2.75) is 32.6 Å². The van der Waals surface area contributed by atoms with Crippen molar-refractivity contribution in [1.29, 1.82) is 0 Å². The second-order valence-corrected chi connectivity index (χ2v) is 2.53. The molecular weight excluding hydrogens is 172 g/mol. The average molecular weight is 187 g/mol. The van der Waals surface area contributed by atoms with Crippen LogP contribution in [0.1, 0.15) is 32.6 Å². The first-order chi connectivity index (χ1) is 6.20. The van der Waals surface area contributed by atoms with Crippen molar-refractivity contribution in [3.05, 3.63) is 7.11 Å². The predicted octanol–water partition coefficient (Wildman–Crippen LogP) is 1.44. The van der Waals surface area contributed by atoms with Crippen LogP contribution in [0.3, 0.4) is 0 Å². The Hall–Kier alpha value is -1.06.